The van der Waals surface area contributed by atoms with E-state index in [4.69, 9.17) is 11.6 Å². The largest absolute Gasteiger partial charge is 0.363 e. The van der Waals surface area contributed by atoms with E-state index in [1.165, 1.54) is 10.9 Å². The predicted octanol–water partition coefficient (Wildman–Crippen LogP) is 5.77. The van der Waals surface area contributed by atoms with Gasteiger partial charge in [0.1, 0.15) is 11.6 Å². The molecule has 0 aliphatic rings. The van der Waals surface area contributed by atoms with E-state index in [1.807, 2.05) is 37.3 Å². The van der Waals surface area contributed by atoms with Crippen molar-refractivity contribution in [2.24, 2.45) is 7.05 Å². The molecule has 27 heavy (non-hydrogen) atoms. The highest BCUT2D eigenvalue weighted by Gasteiger charge is 2.10. The number of hydrogen-bond donors (Lipinski definition) is 1. The highest BCUT2D eigenvalue weighted by atomic mass is 35.5. The van der Waals surface area contributed by atoms with E-state index >= 15 is 0 Å². The van der Waals surface area contributed by atoms with E-state index in [1.54, 1.807) is 0 Å². The molecule has 4 rings (SSSR count). The van der Waals surface area contributed by atoms with Crippen molar-refractivity contribution >= 4 is 28.3 Å². The predicted molar refractivity (Wildman–Crippen MR) is 112 cm³/mol. The number of halogens is 1. The Morgan fingerprint density at radius 2 is 1.78 bits per heavy atom. The maximum Gasteiger partial charge on any atom is 0.130 e. The number of benzene rings is 2. The van der Waals surface area contributed by atoms with E-state index in [9.17, 15) is 0 Å². The third-order valence-electron chi connectivity index (χ3n) is 4.76. The van der Waals surface area contributed by atoms with Gasteiger partial charge in [-0.1, -0.05) is 35.9 Å². The summed E-state index contributed by atoms with van der Waals surface area (Å²) >= 11 is 5.99. The van der Waals surface area contributed by atoms with Crippen LogP contribution in [-0.2, 0) is 7.05 Å². The molecule has 4 nitrogen and oxygen atoms in total. The van der Waals surface area contributed by atoms with Crippen LogP contribution >= 0.6 is 11.6 Å². The van der Waals surface area contributed by atoms with Crippen LogP contribution in [0.15, 0.2) is 60.8 Å². The third-order valence-corrected chi connectivity index (χ3v) is 5.01. The SMILES string of the molecule is Cc1nc(N[C@@H](C)c2ccc(Cl)cc2)cc(-c2ccc3ccn(C)c3c2)n1. The molecule has 0 saturated carbocycles. The minimum absolute atomic E-state index is 0.111. The zero-order valence-electron chi connectivity index (χ0n) is 15.6. The molecule has 0 bridgehead atoms. The summed E-state index contributed by atoms with van der Waals surface area (Å²) in [6.45, 7) is 4.03. The Hall–Kier alpha value is -2.85. The molecule has 0 radical (unpaired) electrons. The van der Waals surface area contributed by atoms with E-state index in [0.29, 0.717) is 0 Å². The van der Waals surface area contributed by atoms with E-state index < -0.39 is 0 Å². The maximum absolute atomic E-state index is 5.99. The Morgan fingerprint density at radius 1 is 1.00 bits per heavy atom. The molecule has 2 aromatic carbocycles. The lowest BCUT2D eigenvalue weighted by Gasteiger charge is -2.16. The Balaban J connectivity index is 1.66. The summed E-state index contributed by atoms with van der Waals surface area (Å²) in [5.41, 5.74) is 4.34. The fourth-order valence-corrected chi connectivity index (χ4v) is 3.39. The average molecular weight is 377 g/mol. The molecule has 136 valence electrons. The minimum atomic E-state index is 0.111. The van der Waals surface area contributed by atoms with Gasteiger partial charge >= 0.3 is 0 Å². The van der Waals surface area contributed by atoms with Crippen LogP contribution in [0.25, 0.3) is 22.2 Å². The number of aryl methyl sites for hydroxylation is 2. The summed E-state index contributed by atoms with van der Waals surface area (Å²) in [6, 6.07) is 18.5. The van der Waals surface area contributed by atoms with Gasteiger partial charge in [0, 0.05) is 41.5 Å². The first-order valence-electron chi connectivity index (χ1n) is 8.93. The van der Waals surface area contributed by atoms with Crippen molar-refractivity contribution < 1.29 is 0 Å². The maximum atomic E-state index is 5.99. The zero-order chi connectivity index (χ0) is 19.0. The Bertz CT molecular complexity index is 1100. The van der Waals surface area contributed by atoms with E-state index in [-0.39, 0.29) is 6.04 Å². The zero-order valence-corrected chi connectivity index (χ0v) is 16.3. The molecule has 0 aliphatic heterocycles. The van der Waals surface area contributed by atoms with Crippen LogP contribution in [-0.4, -0.2) is 14.5 Å². The molecule has 0 fully saturated rings. The molecule has 2 heterocycles. The molecule has 5 heteroatoms. The first-order chi connectivity index (χ1) is 13.0. The molecule has 4 aromatic rings. The second-order valence-electron chi connectivity index (χ2n) is 6.80. The van der Waals surface area contributed by atoms with Crippen molar-refractivity contribution in [2.45, 2.75) is 19.9 Å². The standard InChI is InChI=1S/C22H21ClN4/c1-14(16-6-8-19(23)9-7-16)24-22-13-20(25-15(2)26-22)18-5-4-17-10-11-27(3)21(17)12-18/h4-14H,1-3H3,(H,24,25,26)/t14-/m0/s1. The lowest BCUT2D eigenvalue weighted by atomic mass is 10.1. The van der Waals surface area contributed by atoms with Crippen molar-refractivity contribution in [1.82, 2.24) is 14.5 Å². The van der Waals surface area contributed by atoms with Crippen LogP contribution < -0.4 is 5.32 Å². The third kappa shape index (κ3) is 3.67. The van der Waals surface area contributed by atoms with Crippen LogP contribution in [0.5, 0.6) is 0 Å². The second-order valence-corrected chi connectivity index (χ2v) is 7.24. The molecule has 0 aliphatic carbocycles. The molecule has 0 amide bonds. The highest BCUT2D eigenvalue weighted by Crippen LogP contribution is 2.26. The average Bonchev–Trinajstić information content (AvgIpc) is 3.02. The van der Waals surface area contributed by atoms with Gasteiger partial charge in [0.25, 0.3) is 0 Å². The van der Waals surface area contributed by atoms with Gasteiger partial charge in [0.2, 0.25) is 0 Å². The molecular formula is C22H21ClN4. The summed E-state index contributed by atoms with van der Waals surface area (Å²) in [5, 5.41) is 5.43. The fourth-order valence-electron chi connectivity index (χ4n) is 3.27. The molecule has 0 saturated heterocycles. The van der Waals surface area contributed by atoms with Crippen LogP contribution in [0.1, 0.15) is 24.4 Å². The number of hydrogen-bond acceptors (Lipinski definition) is 3. The van der Waals surface area contributed by atoms with Crippen molar-refractivity contribution in [3.8, 4) is 11.3 Å². The Kier molecular flexibility index (Phi) is 4.58. The molecule has 2 aromatic heterocycles. The van der Waals surface area contributed by atoms with Crippen molar-refractivity contribution in [2.75, 3.05) is 5.32 Å². The normalized spacial score (nSPS) is 12.3. The summed E-state index contributed by atoms with van der Waals surface area (Å²) in [6.07, 6.45) is 2.07. The van der Waals surface area contributed by atoms with E-state index in [0.717, 1.165) is 33.5 Å². The second kappa shape index (κ2) is 7.05. The number of nitrogens with zero attached hydrogens (tertiary/aromatic N) is 3. The van der Waals surface area contributed by atoms with E-state index in [2.05, 4.69) is 64.3 Å². The molecular weight excluding hydrogens is 356 g/mol. The number of aromatic nitrogens is 3. The highest BCUT2D eigenvalue weighted by molar-refractivity contribution is 6.30. The molecule has 0 unspecified atom stereocenters. The summed E-state index contributed by atoms with van der Waals surface area (Å²) in [5.74, 6) is 1.55. The first-order valence-corrected chi connectivity index (χ1v) is 9.30. The summed E-state index contributed by atoms with van der Waals surface area (Å²) in [7, 11) is 2.05. The Morgan fingerprint density at radius 3 is 2.56 bits per heavy atom. The van der Waals surface area contributed by atoms with Crippen molar-refractivity contribution in [3.63, 3.8) is 0 Å². The first kappa shape index (κ1) is 17.6. The molecule has 0 spiro atoms. The quantitative estimate of drug-likeness (QED) is 0.491. The smallest absolute Gasteiger partial charge is 0.130 e. The van der Waals surface area contributed by atoms with Crippen LogP contribution in [0.3, 0.4) is 0 Å². The number of anilines is 1. The molecule has 1 atom stereocenters. The monoisotopic (exact) mass is 376 g/mol. The number of rotatable bonds is 4. The van der Waals surface area contributed by atoms with Crippen LogP contribution in [0.2, 0.25) is 5.02 Å². The van der Waals surface area contributed by atoms with Gasteiger partial charge in [-0.2, -0.15) is 0 Å². The van der Waals surface area contributed by atoms with Crippen molar-refractivity contribution in [1.29, 1.82) is 0 Å². The molecule has 1 N–H and O–H groups in total. The topological polar surface area (TPSA) is 42.7 Å². The number of nitrogens with one attached hydrogen (secondary N) is 1. The lowest BCUT2D eigenvalue weighted by molar-refractivity contribution is 0.867. The van der Waals surface area contributed by atoms with Gasteiger partial charge in [-0.3, -0.25) is 0 Å². The van der Waals surface area contributed by atoms with Gasteiger partial charge in [-0.15, -0.1) is 0 Å². The number of fused-ring (bicyclic) bond motifs is 1. The van der Waals surface area contributed by atoms with Gasteiger partial charge < -0.3 is 9.88 Å². The Labute approximate surface area is 163 Å². The van der Waals surface area contributed by atoms with Crippen LogP contribution in [0, 0.1) is 6.92 Å². The van der Waals surface area contributed by atoms with Crippen LogP contribution in [0.4, 0.5) is 5.82 Å². The lowest BCUT2D eigenvalue weighted by Crippen LogP contribution is -2.09. The minimum Gasteiger partial charge on any atom is -0.363 e. The van der Waals surface area contributed by atoms with Gasteiger partial charge in [-0.25, -0.2) is 9.97 Å². The fraction of sp³-hybridized carbons (Fsp3) is 0.182. The summed E-state index contributed by atoms with van der Waals surface area (Å²) in [4.78, 5) is 9.20. The van der Waals surface area contributed by atoms with Gasteiger partial charge in [0.15, 0.2) is 0 Å². The summed E-state index contributed by atoms with van der Waals surface area (Å²) < 4.78 is 2.12. The van der Waals surface area contributed by atoms with Gasteiger partial charge in [0.05, 0.1) is 5.69 Å². The van der Waals surface area contributed by atoms with Crippen molar-refractivity contribution in [3.05, 3.63) is 77.2 Å². The van der Waals surface area contributed by atoms with Gasteiger partial charge in [-0.05, 0) is 49.1 Å².